The molecule has 0 aliphatic carbocycles. The molecule has 4 N–H and O–H groups in total. The van der Waals surface area contributed by atoms with Crippen LogP contribution in [0.5, 0.6) is 0 Å². The van der Waals surface area contributed by atoms with Crippen molar-refractivity contribution in [3.05, 3.63) is 82.4 Å². The summed E-state index contributed by atoms with van der Waals surface area (Å²) in [6.45, 7) is 2.26. The van der Waals surface area contributed by atoms with Gasteiger partial charge in [0.15, 0.2) is 5.15 Å². The number of amides is 2. The van der Waals surface area contributed by atoms with Crippen LogP contribution >= 0.6 is 11.6 Å². The number of benzene rings is 2. The van der Waals surface area contributed by atoms with Crippen molar-refractivity contribution < 1.29 is 29.3 Å². The highest BCUT2D eigenvalue weighted by molar-refractivity contribution is 6.30. The maximum atomic E-state index is 12.8. The molecule has 202 valence electrons. The van der Waals surface area contributed by atoms with Crippen LogP contribution in [-0.4, -0.2) is 43.8 Å². The molecule has 0 saturated carbocycles. The summed E-state index contributed by atoms with van der Waals surface area (Å²) in [4.78, 5) is 40.6. The van der Waals surface area contributed by atoms with Gasteiger partial charge >= 0.3 is 12.1 Å². The number of aliphatic hydroxyl groups excluding tert-OH is 1. The minimum atomic E-state index is -1.34. The Bertz CT molecular complexity index is 1230. The Balaban J connectivity index is 1.63. The lowest BCUT2D eigenvalue weighted by atomic mass is 10.1. The SMILES string of the molecule is CCCCc1nc(Cl)c(CO)n1Cc1ccc(NC(=O)C(CC(=O)O)NC(=O)OCc2ccccc2)cc1. The fourth-order valence-electron chi connectivity index (χ4n) is 3.76. The van der Waals surface area contributed by atoms with E-state index in [4.69, 9.17) is 16.3 Å². The van der Waals surface area contributed by atoms with E-state index in [0.717, 1.165) is 36.2 Å². The topological polar surface area (TPSA) is 143 Å². The van der Waals surface area contributed by atoms with Crippen LogP contribution in [0.2, 0.25) is 5.15 Å². The molecule has 11 heteroatoms. The third-order valence-corrected chi connectivity index (χ3v) is 6.07. The number of unbranched alkanes of at least 4 members (excludes halogenated alkanes) is 1. The van der Waals surface area contributed by atoms with Crippen molar-refractivity contribution in [2.75, 3.05) is 5.32 Å². The van der Waals surface area contributed by atoms with E-state index in [1.54, 1.807) is 48.5 Å². The molecule has 0 fully saturated rings. The smallest absolute Gasteiger partial charge is 0.408 e. The zero-order valence-corrected chi connectivity index (χ0v) is 21.8. The van der Waals surface area contributed by atoms with Crippen LogP contribution in [0.4, 0.5) is 10.5 Å². The van der Waals surface area contributed by atoms with Crippen molar-refractivity contribution in [2.45, 2.75) is 58.4 Å². The minimum Gasteiger partial charge on any atom is -0.481 e. The van der Waals surface area contributed by atoms with Gasteiger partial charge in [-0.2, -0.15) is 0 Å². The number of rotatable bonds is 13. The van der Waals surface area contributed by atoms with Gasteiger partial charge in [-0.3, -0.25) is 9.59 Å². The van der Waals surface area contributed by atoms with Crippen LogP contribution in [0, 0.1) is 0 Å². The Morgan fingerprint density at radius 2 is 1.79 bits per heavy atom. The number of carbonyl (C=O) groups excluding carboxylic acids is 2. The molecule has 0 saturated heterocycles. The minimum absolute atomic E-state index is 0.0180. The summed E-state index contributed by atoms with van der Waals surface area (Å²) >= 11 is 6.21. The van der Waals surface area contributed by atoms with Gasteiger partial charge < -0.3 is 30.2 Å². The van der Waals surface area contributed by atoms with Crippen LogP contribution in [0.1, 0.15) is 48.8 Å². The Kier molecular flexibility index (Phi) is 10.7. The average molecular weight is 543 g/mol. The fraction of sp³-hybridized carbons (Fsp3) is 0.333. The molecule has 0 radical (unpaired) electrons. The number of aliphatic hydroxyl groups is 1. The third-order valence-electron chi connectivity index (χ3n) is 5.77. The number of aliphatic carboxylic acids is 1. The van der Waals surface area contributed by atoms with E-state index in [1.165, 1.54) is 0 Å². The number of imidazole rings is 1. The number of ether oxygens (including phenoxy) is 1. The zero-order valence-electron chi connectivity index (χ0n) is 21.0. The fourth-order valence-corrected chi connectivity index (χ4v) is 4.02. The summed E-state index contributed by atoms with van der Waals surface area (Å²) in [5.74, 6) is -1.15. The van der Waals surface area contributed by atoms with Crippen LogP contribution in [0.25, 0.3) is 0 Å². The first-order valence-electron chi connectivity index (χ1n) is 12.2. The standard InChI is InChI=1S/C27H31ClN4O6/c1-2-3-9-23-31-25(28)22(16-33)32(23)15-18-10-12-20(13-11-18)29-26(36)21(14-24(34)35)30-27(37)38-17-19-7-5-4-6-8-19/h4-8,10-13,21,33H,2-3,9,14-17H2,1H3,(H,29,36)(H,30,37)(H,34,35). The number of nitrogens with zero attached hydrogens (tertiary/aromatic N) is 2. The highest BCUT2D eigenvalue weighted by Crippen LogP contribution is 2.21. The monoisotopic (exact) mass is 542 g/mol. The number of alkyl carbamates (subject to hydrolysis) is 1. The van der Waals surface area contributed by atoms with E-state index in [9.17, 15) is 24.6 Å². The highest BCUT2D eigenvalue weighted by atomic mass is 35.5. The maximum Gasteiger partial charge on any atom is 0.408 e. The number of nitrogens with one attached hydrogen (secondary N) is 2. The molecule has 1 atom stereocenters. The van der Waals surface area contributed by atoms with Gasteiger partial charge in [0.2, 0.25) is 5.91 Å². The number of aryl methyl sites for hydroxylation is 1. The van der Waals surface area contributed by atoms with Gasteiger partial charge in [-0.1, -0.05) is 67.4 Å². The van der Waals surface area contributed by atoms with E-state index in [0.29, 0.717) is 17.9 Å². The second-order valence-electron chi connectivity index (χ2n) is 8.66. The van der Waals surface area contributed by atoms with Crippen molar-refractivity contribution in [3.63, 3.8) is 0 Å². The molecule has 1 heterocycles. The number of hydrogen-bond acceptors (Lipinski definition) is 6. The average Bonchev–Trinajstić information content (AvgIpc) is 3.20. The van der Waals surface area contributed by atoms with Crippen molar-refractivity contribution >= 4 is 35.3 Å². The van der Waals surface area contributed by atoms with Gasteiger partial charge in [0, 0.05) is 18.7 Å². The van der Waals surface area contributed by atoms with Crippen molar-refractivity contribution in [1.29, 1.82) is 0 Å². The van der Waals surface area contributed by atoms with E-state index < -0.39 is 30.4 Å². The lowest BCUT2D eigenvalue weighted by Crippen LogP contribution is -2.45. The summed E-state index contributed by atoms with van der Waals surface area (Å²) in [7, 11) is 0. The molecule has 2 aromatic carbocycles. The van der Waals surface area contributed by atoms with Crippen LogP contribution in [-0.2, 0) is 40.5 Å². The van der Waals surface area contributed by atoms with Crippen molar-refractivity contribution in [3.8, 4) is 0 Å². The van der Waals surface area contributed by atoms with E-state index in [1.807, 2.05) is 10.6 Å². The second kappa shape index (κ2) is 14.2. The summed E-state index contributed by atoms with van der Waals surface area (Å²) in [6, 6.07) is 14.6. The lowest BCUT2D eigenvalue weighted by Gasteiger charge is -2.17. The first-order chi connectivity index (χ1) is 18.3. The molecule has 0 aliphatic heterocycles. The summed E-state index contributed by atoms with van der Waals surface area (Å²) in [5, 5.41) is 24.2. The molecule has 10 nitrogen and oxygen atoms in total. The summed E-state index contributed by atoms with van der Waals surface area (Å²) in [6.07, 6.45) is 1.15. The van der Waals surface area contributed by atoms with E-state index in [-0.39, 0.29) is 18.4 Å². The number of anilines is 1. The van der Waals surface area contributed by atoms with Crippen molar-refractivity contribution in [1.82, 2.24) is 14.9 Å². The zero-order chi connectivity index (χ0) is 27.5. The summed E-state index contributed by atoms with van der Waals surface area (Å²) in [5.41, 5.74) is 2.60. The number of carbonyl (C=O) groups is 3. The molecule has 3 rings (SSSR count). The molecule has 1 aromatic heterocycles. The number of carboxylic acids is 1. The Hall–Kier alpha value is -3.89. The molecule has 0 bridgehead atoms. The van der Waals surface area contributed by atoms with E-state index in [2.05, 4.69) is 22.5 Å². The highest BCUT2D eigenvalue weighted by Gasteiger charge is 2.25. The molecule has 1 unspecified atom stereocenters. The van der Waals surface area contributed by atoms with Gasteiger partial charge in [-0.15, -0.1) is 0 Å². The Morgan fingerprint density at radius 3 is 2.42 bits per heavy atom. The normalized spacial score (nSPS) is 11.6. The third kappa shape index (κ3) is 8.32. The molecule has 0 spiro atoms. The van der Waals surface area contributed by atoms with Gasteiger partial charge in [-0.25, -0.2) is 9.78 Å². The van der Waals surface area contributed by atoms with Crippen LogP contribution < -0.4 is 10.6 Å². The maximum absolute atomic E-state index is 12.8. The Morgan fingerprint density at radius 1 is 1.08 bits per heavy atom. The summed E-state index contributed by atoms with van der Waals surface area (Å²) < 4.78 is 7.00. The van der Waals surface area contributed by atoms with Crippen LogP contribution in [0.15, 0.2) is 54.6 Å². The predicted octanol–water partition coefficient (Wildman–Crippen LogP) is 4.13. The largest absolute Gasteiger partial charge is 0.481 e. The van der Waals surface area contributed by atoms with Gasteiger partial charge in [-0.05, 0) is 29.7 Å². The van der Waals surface area contributed by atoms with Gasteiger partial charge in [0.05, 0.1) is 18.7 Å². The van der Waals surface area contributed by atoms with Gasteiger partial charge in [0.1, 0.15) is 18.5 Å². The first-order valence-corrected chi connectivity index (χ1v) is 12.6. The Labute approximate surface area is 225 Å². The first kappa shape index (κ1) is 28.7. The second-order valence-corrected chi connectivity index (χ2v) is 9.01. The molecule has 38 heavy (non-hydrogen) atoms. The van der Waals surface area contributed by atoms with Crippen molar-refractivity contribution in [2.24, 2.45) is 0 Å². The molecular formula is C27H31ClN4O6. The van der Waals surface area contributed by atoms with Crippen LogP contribution in [0.3, 0.4) is 0 Å². The number of carboxylic acid groups (broad SMARTS) is 1. The molecular weight excluding hydrogens is 512 g/mol. The number of hydrogen-bond donors (Lipinski definition) is 4. The molecule has 0 aliphatic rings. The number of halogens is 1. The molecule has 2 amide bonds. The lowest BCUT2D eigenvalue weighted by molar-refractivity contribution is -0.139. The predicted molar refractivity (Wildman–Crippen MR) is 142 cm³/mol. The van der Waals surface area contributed by atoms with Gasteiger partial charge in [0.25, 0.3) is 0 Å². The number of aromatic nitrogens is 2. The van der Waals surface area contributed by atoms with E-state index >= 15 is 0 Å². The quantitative estimate of drug-likeness (QED) is 0.254. The molecule has 3 aromatic rings.